The molecule has 70 valence electrons. The fourth-order valence-corrected chi connectivity index (χ4v) is 1.63. The second-order valence-corrected chi connectivity index (χ2v) is 3.10. The number of carbonyl (C=O) groups excluding carboxylic acids is 1. The molecule has 1 aromatic carbocycles. The summed E-state index contributed by atoms with van der Waals surface area (Å²) in [4.78, 5) is 15.8. The van der Waals surface area contributed by atoms with Crippen molar-refractivity contribution in [2.75, 3.05) is 12.0 Å². The summed E-state index contributed by atoms with van der Waals surface area (Å²) in [7, 11) is 0. The van der Waals surface area contributed by atoms with E-state index in [9.17, 15) is 4.79 Å². The zero-order valence-electron chi connectivity index (χ0n) is 7.32. The molecule has 0 saturated heterocycles. The van der Waals surface area contributed by atoms with Crippen molar-refractivity contribution in [1.82, 2.24) is 14.9 Å². The van der Waals surface area contributed by atoms with Crippen LogP contribution in [0.4, 0.5) is 10.7 Å². The zero-order chi connectivity index (χ0) is 9.54. The van der Waals surface area contributed by atoms with Gasteiger partial charge in [-0.3, -0.25) is 0 Å². The number of para-hydroxylation sites is 2. The molecular formula is C9H8N4O. The SMILES string of the molecule is O=C1NCNc2nc3ccccc3n21. The van der Waals surface area contributed by atoms with Gasteiger partial charge in [0.1, 0.15) is 0 Å². The molecule has 0 spiro atoms. The third kappa shape index (κ3) is 0.834. The molecular weight excluding hydrogens is 180 g/mol. The molecule has 14 heavy (non-hydrogen) atoms. The van der Waals surface area contributed by atoms with E-state index in [1.807, 2.05) is 24.3 Å². The van der Waals surface area contributed by atoms with E-state index in [1.165, 1.54) is 0 Å². The largest absolute Gasteiger partial charge is 0.338 e. The number of anilines is 1. The molecule has 1 aromatic heterocycles. The van der Waals surface area contributed by atoms with Gasteiger partial charge in [0.05, 0.1) is 17.7 Å². The van der Waals surface area contributed by atoms with Gasteiger partial charge >= 0.3 is 6.03 Å². The molecule has 2 heterocycles. The van der Waals surface area contributed by atoms with E-state index in [0.29, 0.717) is 12.6 Å². The molecule has 1 aliphatic rings. The minimum atomic E-state index is -0.132. The highest BCUT2D eigenvalue weighted by molar-refractivity contribution is 5.94. The van der Waals surface area contributed by atoms with Crippen LogP contribution in [-0.2, 0) is 0 Å². The number of nitrogens with one attached hydrogen (secondary N) is 2. The zero-order valence-corrected chi connectivity index (χ0v) is 7.32. The molecule has 0 radical (unpaired) electrons. The van der Waals surface area contributed by atoms with Crippen LogP contribution in [0.2, 0.25) is 0 Å². The third-order valence-corrected chi connectivity index (χ3v) is 2.25. The van der Waals surface area contributed by atoms with Crippen molar-refractivity contribution >= 4 is 23.0 Å². The Bertz CT molecular complexity index is 517. The van der Waals surface area contributed by atoms with Gasteiger partial charge in [-0.15, -0.1) is 0 Å². The van der Waals surface area contributed by atoms with Crippen molar-refractivity contribution in [3.05, 3.63) is 24.3 Å². The van der Waals surface area contributed by atoms with Crippen LogP contribution in [0.3, 0.4) is 0 Å². The van der Waals surface area contributed by atoms with Crippen LogP contribution in [0.15, 0.2) is 24.3 Å². The Morgan fingerprint density at radius 3 is 3.07 bits per heavy atom. The first-order valence-corrected chi connectivity index (χ1v) is 4.36. The third-order valence-electron chi connectivity index (χ3n) is 2.25. The Kier molecular flexibility index (Phi) is 1.30. The van der Waals surface area contributed by atoms with Crippen LogP contribution >= 0.6 is 0 Å². The topological polar surface area (TPSA) is 59.0 Å². The van der Waals surface area contributed by atoms with E-state index in [1.54, 1.807) is 4.57 Å². The van der Waals surface area contributed by atoms with E-state index in [-0.39, 0.29) is 6.03 Å². The maximum Gasteiger partial charge on any atom is 0.330 e. The van der Waals surface area contributed by atoms with Gasteiger partial charge in [0.15, 0.2) is 0 Å². The summed E-state index contributed by atoms with van der Waals surface area (Å²) in [6.45, 7) is 0.433. The van der Waals surface area contributed by atoms with E-state index in [2.05, 4.69) is 15.6 Å². The summed E-state index contributed by atoms with van der Waals surface area (Å²) in [6.07, 6.45) is 0. The number of carbonyl (C=O) groups is 1. The normalized spacial score (nSPS) is 14.7. The van der Waals surface area contributed by atoms with Gasteiger partial charge in [0.2, 0.25) is 5.95 Å². The number of hydrogen-bond acceptors (Lipinski definition) is 3. The molecule has 5 nitrogen and oxygen atoms in total. The lowest BCUT2D eigenvalue weighted by molar-refractivity contribution is 0.242. The molecule has 0 unspecified atom stereocenters. The standard InChI is InChI=1S/C9H8N4O/c14-9-11-5-10-8-12-6-3-1-2-4-7(6)13(8)9/h1-4H,5H2,(H,10,12)(H,11,14). The summed E-state index contributed by atoms with van der Waals surface area (Å²) in [5.41, 5.74) is 1.65. The van der Waals surface area contributed by atoms with E-state index in [4.69, 9.17) is 0 Å². The maximum atomic E-state index is 11.5. The predicted molar refractivity (Wildman–Crippen MR) is 52.2 cm³/mol. The molecule has 2 aromatic rings. The molecule has 5 heteroatoms. The number of hydrogen-bond donors (Lipinski definition) is 2. The van der Waals surface area contributed by atoms with Gasteiger partial charge in [-0.25, -0.2) is 14.3 Å². The van der Waals surface area contributed by atoms with Gasteiger partial charge in [0.25, 0.3) is 0 Å². The quantitative estimate of drug-likeness (QED) is 0.647. The first kappa shape index (κ1) is 7.37. The molecule has 0 fully saturated rings. The Balaban J connectivity index is 2.39. The number of nitrogens with zero attached hydrogens (tertiary/aromatic N) is 2. The number of aromatic nitrogens is 2. The van der Waals surface area contributed by atoms with Crippen molar-refractivity contribution in [2.45, 2.75) is 0 Å². The lowest BCUT2D eigenvalue weighted by Crippen LogP contribution is -2.38. The van der Waals surface area contributed by atoms with Crippen LogP contribution in [0, 0.1) is 0 Å². The maximum absolute atomic E-state index is 11.5. The minimum absolute atomic E-state index is 0.132. The van der Waals surface area contributed by atoms with Crippen LogP contribution in [0.5, 0.6) is 0 Å². The number of fused-ring (bicyclic) bond motifs is 3. The summed E-state index contributed by atoms with van der Waals surface area (Å²) in [5, 5.41) is 5.69. The first-order valence-electron chi connectivity index (χ1n) is 4.36. The second kappa shape index (κ2) is 2.47. The predicted octanol–water partition coefficient (Wildman–Crippen LogP) is 0.977. The van der Waals surface area contributed by atoms with Crippen molar-refractivity contribution in [1.29, 1.82) is 0 Å². The van der Waals surface area contributed by atoms with Crippen molar-refractivity contribution in [3.8, 4) is 0 Å². The van der Waals surface area contributed by atoms with E-state index >= 15 is 0 Å². The molecule has 0 saturated carbocycles. The van der Waals surface area contributed by atoms with Gasteiger partial charge in [-0.2, -0.15) is 0 Å². The van der Waals surface area contributed by atoms with Crippen molar-refractivity contribution in [3.63, 3.8) is 0 Å². The monoisotopic (exact) mass is 188 g/mol. The highest BCUT2D eigenvalue weighted by atomic mass is 16.2. The Morgan fingerprint density at radius 1 is 1.29 bits per heavy atom. The Labute approximate surface area is 79.7 Å². The number of benzene rings is 1. The van der Waals surface area contributed by atoms with E-state index in [0.717, 1.165) is 11.0 Å². The molecule has 0 aliphatic carbocycles. The first-order chi connectivity index (χ1) is 6.86. The van der Waals surface area contributed by atoms with Gasteiger partial charge in [-0.05, 0) is 12.1 Å². The van der Waals surface area contributed by atoms with Crippen LogP contribution in [0.25, 0.3) is 11.0 Å². The highest BCUT2D eigenvalue weighted by Crippen LogP contribution is 2.19. The number of imidazole rings is 1. The van der Waals surface area contributed by atoms with Crippen molar-refractivity contribution in [2.24, 2.45) is 0 Å². The minimum Gasteiger partial charge on any atom is -0.338 e. The van der Waals surface area contributed by atoms with Crippen LogP contribution in [0.1, 0.15) is 0 Å². The molecule has 0 bridgehead atoms. The molecule has 1 aliphatic heterocycles. The molecule has 0 atom stereocenters. The summed E-state index contributed by atoms with van der Waals surface area (Å²) in [6, 6.07) is 7.42. The molecule has 1 amide bonds. The van der Waals surface area contributed by atoms with Crippen LogP contribution in [-0.4, -0.2) is 22.3 Å². The number of rotatable bonds is 0. The van der Waals surface area contributed by atoms with E-state index < -0.39 is 0 Å². The fourth-order valence-electron chi connectivity index (χ4n) is 1.63. The smallest absolute Gasteiger partial charge is 0.330 e. The van der Waals surface area contributed by atoms with Gasteiger partial charge in [-0.1, -0.05) is 12.1 Å². The highest BCUT2D eigenvalue weighted by Gasteiger charge is 2.19. The lowest BCUT2D eigenvalue weighted by atomic mass is 10.3. The van der Waals surface area contributed by atoms with Crippen LogP contribution < -0.4 is 10.6 Å². The van der Waals surface area contributed by atoms with Gasteiger partial charge < -0.3 is 10.6 Å². The van der Waals surface area contributed by atoms with Gasteiger partial charge in [0, 0.05) is 0 Å². The summed E-state index contributed by atoms with van der Waals surface area (Å²) in [5.74, 6) is 0.606. The average Bonchev–Trinajstić information content (AvgIpc) is 2.57. The summed E-state index contributed by atoms with van der Waals surface area (Å²) >= 11 is 0. The second-order valence-electron chi connectivity index (χ2n) is 3.10. The lowest BCUT2D eigenvalue weighted by Gasteiger charge is -2.15. The van der Waals surface area contributed by atoms with Crippen molar-refractivity contribution < 1.29 is 4.79 Å². The average molecular weight is 188 g/mol. The Hall–Kier alpha value is -2.04. The molecule has 3 rings (SSSR count). The summed E-state index contributed by atoms with van der Waals surface area (Å²) < 4.78 is 1.54. The fraction of sp³-hybridized carbons (Fsp3) is 0.111. The number of amides is 1. The Morgan fingerprint density at radius 2 is 2.14 bits per heavy atom. The molecule has 2 N–H and O–H groups in total.